The Balaban J connectivity index is 1.90. The van der Waals surface area contributed by atoms with Gasteiger partial charge in [0.2, 0.25) is 5.91 Å². The number of hydrogen-bond acceptors (Lipinski definition) is 2. The lowest BCUT2D eigenvalue weighted by molar-refractivity contribution is -0.131. The fourth-order valence-electron chi connectivity index (χ4n) is 2.63. The average Bonchev–Trinajstić information content (AvgIpc) is 2.92. The van der Waals surface area contributed by atoms with Gasteiger partial charge in [-0.25, -0.2) is 0 Å². The number of hydrogen-bond donors (Lipinski definition) is 1. The van der Waals surface area contributed by atoms with Gasteiger partial charge in [0.15, 0.2) is 0 Å². The van der Waals surface area contributed by atoms with Gasteiger partial charge in [-0.05, 0) is 50.8 Å². The number of benzene rings is 1. The molecule has 3 nitrogen and oxygen atoms in total. The summed E-state index contributed by atoms with van der Waals surface area (Å²) >= 11 is 0. The van der Waals surface area contributed by atoms with Crippen LogP contribution in [0.5, 0.6) is 0 Å². The van der Waals surface area contributed by atoms with Crippen molar-refractivity contribution in [2.24, 2.45) is 0 Å². The first-order valence-corrected chi connectivity index (χ1v) is 7.12. The molecule has 2 rings (SSSR count). The zero-order valence-corrected chi connectivity index (χ0v) is 12.2. The van der Waals surface area contributed by atoms with E-state index in [4.69, 9.17) is 0 Å². The van der Waals surface area contributed by atoms with Gasteiger partial charge in [-0.15, -0.1) is 0 Å². The third kappa shape index (κ3) is 3.57. The van der Waals surface area contributed by atoms with Crippen LogP contribution in [0.2, 0.25) is 0 Å². The van der Waals surface area contributed by atoms with E-state index in [2.05, 4.69) is 37.4 Å². The van der Waals surface area contributed by atoms with Gasteiger partial charge in [0, 0.05) is 13.6 Å². The zero-order chi connectivity index (χ0) is 13.8. The van der Waals surface area contributed by atoms with Crippen molar-refractivity contribution >= 4 is 5.91 Å². The number of aryl methyl sites for hydroxylation is 2. The van der Waals surface area contributed by atoms with Crippen LogP contribution in [0.15, 0.2) is 18.2 Å². The fourth-order valence-corrected chi connectivity index (χ4v) is 2.63. The van der Waals surface area contributed by atoms with Gasteiger partial charge in [0.05, 0.1) is 6.04 Å². The average molecular weight is 260 g/mol. The number of nitrogens with one attached hydrogen (secondary N) is 1. The van der Waals surface area contributed by atoms with E-state index in [-0.39, 0.29) is 11.9 Å². The maximum atomic E-state index is 12.2. The minimum Gasteiger partial charge on any atom is -0.344 e. The van der Waals surface area contributed by atoms with E-state index < -0.39 is 0 Å². The molecule has 1 unspecified atom stereocenters. The summed E-state index contributed by atoms with van der Waals surface area (Å²) < 4.78 is 0. The van der Waals surface area contributed by atoms with Crippen LogP contribution >= 0.6 is 0 Å². The molecule has 1 atom stereocenters. The van der Waals surface area contributed by atoms with Crippen LogP contribution in [0.25, 0.3) is 0 Å². The first-order valence-electron chi connectivity index (χ1n) is 7.12. The molecule has 1 aliphatic heterocycles. The molecule has 3 heteroatoms. The third-order valence-electron chi connectivity index (χ3n) is 3.96. The Morgan fingerprint density at radius 2 is 2.21 bits per heavy atom. The molecule has 0 aliphatic carbocycles. The second-order valence-corrected chi connectivity index (χ2v) is 5.59. The highest BCUT2D eigenvalue weighted by Crippen LogP contribution is 2.13. The highest BCUT2D eigenvalue weighted by atomic mass is 16.2. The topological polar surface area (TPSA) is 32.3 Å². The van der Waals surface area contributed by atoms with E-state index in [1.165, 1.54) is 16.7 Å². The Hall–Kier alpha value is -1.35. The molecule has 1 amide bonds. The normalized spacial score (nSPS) is 18.6. The van der Waals surface area contributed by atoms with E-state index in [1.54, 1.807) is 0 Å². The Bertz CT molecular complexity index is 450. The minimum atomic E-state index is 0.0450. The standard InChI is InChI=1S/C16H24N2O/c1-12-6-7-13(2)14(11-12)8-10-18(3)16(19)15-5-4-9-17-15/h6-7,11,15,17H,4-5,8-10H2,1-3H3. The summed E-state index contributed by atoms with van der Waals surface area (Å²) in [6.07, 6.45) is 3.02. The van der Waals surface area contributed by atoms with Crippen LogP contribution in [-0.4, -0.2) is 37.0 Å². The minimum absolute atomic E-state index is 0.0450. The van der Waals surface area contributed by atoms with Crippen molar-refractivity contribution in [3.63, 3.8) is 0 Å². The summed E-state index contributed by atoms with van der Waals surface area (Å²) in [5.41, 5.74) is 3.94. The van der Waals surface area contributed by atoms with Crippen LogP contribution in [-0.2, 0) is 11.2 Å². The van der Waals surface area contributed by atoms with Gasteiger partial charge in [-0.2, -0.15) is 0 Å². The summed E-state index contributed by atoms with van der Waals surface area (Å²) in [6, 6.07) is 6.56. The zero-order valence-electron chi connectivity index (χ0n) is 12.2. The lowest BCUT2D eigenvalue weighted by Gasteiger charge is -2.21. The Morgan fingerprint density at radius 1 is 1.42 bits per heavy atom. The van der Waals surface area contributed by atoms with Crippen molar-refractivity contribution in [1.29, 1.82) is 0 Å². The van der Waals surface area contributed by atoms with Gasteiger partial charge in [0.25, 0.3) is 0 Å². The molecule has 1 heterocycles. The van der Waals surface area contributed by atoms with Crippen LogP contribution < -0.4 is 5.32 Å². The Labute approximate surface area is 116 Å². The highest BCUT2D eigenvalue weighted by molar-refractivity contribution is 5.81. The number of carbonyl (C=O) groups is 1. The molecule has 0 spiro atoms. The van der Waals surface area contributed by atoms with Gasteiger partial charge in [0.1, 0.15) is 0 Å². The highest BCUT2D eigenvalue weighted by Gasteiger charge is 2.24. The van der Waals surface area contributed by atoms with Crippen molar-refractivity contribution in [3.8, 4) is 0 Å². The molecule has 0 bridgehead atoms. The quantitative estimate of drug-likeness (QED) is 0.898. The molecular formula is C16H24N2O. The summed E-state index contributed by atoms with van der Waals surface area (Å²) in [4.78, 5) is 14.0. The molecule has 19 heavy (non-hydrogen) atoms. The predicted octanol–water partition coefficient (Wildman–Crippen LogP) is 2.06. The number of carbonyl (C=O) groups excluding carboxylic acids is 1. The first kappa shape index (κ1) is 14.1. The number of nitrogens with zero attached hydrogens (tertiary/aromatic N) is 1. The molecule has 104 valence electrons. The molecule has 1 fully saturated rings. The van der Waals surface area contributed by atoms with Crippen LogP contribution in [0, 0.1) is 13.8 Å². The van der Waals surface area contributed by atoms with E-state index in [0.717, 1.165) is 32.4 Å². The molecule has 0 radical (unpaired) electrons. The van der Waals surface area contributed by atoms with Crippen LogP contribution in [0.4, 0.5) is 0 Å². The van der Waals surface area contributed by atoms with Crippen molar-refractivity contribution in [2.45, 2.75) is 39.2 Å². The Kier molecular flexibility index (Phi) is 4.59. The SMILES string of the molecule is Cc1ccc(C)c(CCN(C)C(=O)C2CCCN2)c1. The van der Waals surface area contributed by atoms with Crippen molar-refractivity contribution in [1.82, 2.24) is 10.2 Å². The van der Waals surface area contributed by atoms with Crippen LogP contribution in [0.1, 0.15) is 29.5 Å². The summed E-state index contributed by atoms with van der Waals surface area (Å²) in [6.45, 7) is 6.01. The van der Waals surface area contributed by atoms with Crippen molar-refractivity contribution < 1.29 is 4.79 Å². The van der Waals surface area contributed by atoms with E-state index in [1.807, 2.05) is 11.9 Å². The summed E-state index contributed by atoms with van der Waals surface area (Å²) in [5.74, 6) is 0.239. The largest absolute Gasteiger partial charge is 0.344 e. The van der Waals surface area contributed by atoms with Gasteiger partial charge in [-0.1, -0.05) is 23.8 Å². The van der Waals surface area contributed by atoms with Crippen molar-refractivity contribution in [3.05, 3.63) is 34.9 Å². The molecule has 1 aromatic rings. The lowest BCUT2D eigenvalue weighted by atomic mass is 10.0. The molecule has 0 aromatic heterocycles. The Morgan fingerprint density at radius 3 is 2.89 bits per heavy atom. The molecule has 1 N–H and O–H groups in total. The molecule has 1 aliphatic rings. The maximum absolute atomic E-state index is 12.2. The first-order chi connectivity index (χ1) is 9.08. The third-order valence-corrected chi connectivity index (χ3v) is 3.96. The molecular weight excluding hydrogens is 236 g/mol. The molecule has 0 saturated carbocycles. The molecule has 1 aromatic carbocycles. The number of likely N-dealkylation sites (N-methyl/N-ethyl adjacent to an activating group) is 1. The van der Waals surface area contributed by atoms with Crippen LogP contribution in [0.3, 0.4) is 0 Å². The van der Waals surface area contributed by atoms with E-state index >= 15 is 0 Å². The fraction of sp³-hybridized carbons (Fsp3) is 0.562. The summed E-state index contributed by atoms with van der Waals surface area (Å²) in [5, 5.41) is 3.26. The van der Waals surface area contributed by atoms with Gasteiger partial charge in [-0.3, -0.25) is 4.79 Å². The van der Waals surface area contributed by atoms with Gasteiger partial charge >= 0.3 is 0 Å². The second kappa shape index (κ2) is 6.20. The summed E-state index contributed by atoms with van der Waals surface area (Å²) in [7, 11) is 1.91. The van der Waals surface area contributed by atoms with Crippen molar-refractivity contribution in [2.75, 3.05) is 20.1 Å². The number of rotatable bonds is 4. The second-order valence-electron chi connectivity index (χ2n) is 5.59. The van der Waals surface area contributed by atoms with E-state index in [0.29, 0.717) is 0 Å². The predicted molar refractivity (Wildman–Crippen MR) is 78.3 cm³/mol. The van der Waals surface area contributed by atoms with E-state index in [9.17, 15) is 4.79 Å². The maximum Gasteiger partial charge on any atom is 0.239 e. The molecule has 1 saturated heterocycles. The monoisotopic (exact) mass is 260 g/mol. The lowest BCUT2D eigenvalue weighted by Crippen LogP contribution is -2.42. The number of amides is 1. The van der Waals surface area contributed by atoms with Gasteiger partial charge < -0.3 is 10.2 Å². The smallest absolute Gasteiger partial charge is 0.239 e.